The highest BCUT2D eigenvalue weighted by atomic mass is 79.9. The van der Waals surface area contributed by atoms with Crippen LogP contribution in [0.4, 0.5) is 8.78 Å². The maximum absolute atomic E-state index is 13.1. The van der Waals surface area contributed by atoms with E-state index < -0.39 is 11.6 Å². The maximum Gasteiger partial charge on any atom is 0.186 e. The number of hydrogen-bond acceptors (Lipinski definition) is 1. The van der Waals surface area contributed by atoms with Crippen molar-refractivity contribution in [3.8, 4) is 0 Å². The molecule has 0 radical (unpaired) electrons. The third-order valence-corrected chi connectivity index (χ3v) is 1.98. The molecule has 0 aliphatic heterocycles. The molecule has 84 valence electrons. The largest absolute Gasteiger partial charge is 0.370 e. The number of halogens is 4. The molecule has 0 spiro atoms. The van der Waals surface area contributed by atoms with Gasteiger partial charge in [0.1, 0.15) is 11.6 Å². The van der Waals surface area contributed by atoms with Crippen molar-refractivity contribution < 1.29 is 8.78 Å². The molecular weight excluding hydrogens is 291 g/mol. The van der Waals surface area contributed by atoms with Gasteiger partial charge < -0.3 is 11.5 Å². The number of nitrogens with two attached hydrogens (primary N) is 2. The van der Waals surface area contributed by atoms with Gasteiger partial charge in [-0.3, -0.25) is 0 Å². The Morgan fingerprint density at radius 1 is 1.27 bits per heavy atom. The number of hydrogen-bond donors (Lipinski definition) is 2. The van der Waals surface area contributed by atoms with E-state index in [1.54, 1.807) is 0 Å². The van der Waals surface area contributed by atoms with Gasteiger partial charge in [0.05, 0.1) is 6.54 Å². The molecule has 0 amide bonds. The van der Waals surface area contributed by atoms with Crippen molar-refractivity contribution in [2.24, 2.45) is 16.5 Å². The summed E-state index contributed by atoms with van der Waals surface area (Å²) in [5, 5.41) is 0. The van der Waals surface area contributed by atoms with E-state index in [0.717, 1.165) is 12.1 Å². The molecule has 0 bridgehead atoms. The van der Waals surface area contributed by atoms with Crippen molar-refractivity contribution in [1.82, 2.24) is 0 Å². The SMILES string of the molecule is Cl.NC(N)=NCc1c(F)cc(Br)cc1F. The van der Waals surface area contributed by atoms with E-state index in [1.165, 1.54) is 0 Å². The van der Waals surface area contributed by atoms with Gasteiger partial charge >= 0.3 is 0 Å². The molecule has 1 rings (SSSR count). The van der Waals surface area contributed by atoms with E-state index in [2.05, 4.69) is 20.9 Å². The van der Waals surface area contributed by atoms with Crippen molar-refractivity contribution in [2.75, 3.05) is 0 Å². The van der Waals surface area contributed by atoms with Gasteiger partial charge in [-0.1, -0.05) is 15.9 Å². The van der Waals surface area contributed by atoms with Gasteiger partial charge in [0.15, 0.2) is 5.96 Å². The molecule has 0 heterocycles. The average molecular weight is 301 g/mol. The summed E-state index contributed by atoms with van der Waals surface area (Å²) >= 11 is 2.96. The molecule has 0 fully saturated rings. The fourth-order valence-electron chi connectivity index (χ4n) is 0.893. The fourth-order valence-corrected chi connectivity index (χ4v) is 1.30. The van der Waals surface area contributed by atoms with E-state index >= 15 is 0 Å². The van der Waals surface area contributed by atoms with Crippen LogP contribution in [0, 0.1) is 11.6 Å². The molecule has 15 heavy (non-hydrogen) atoms. The minimum Gasteiger partial charge on any atom is -0.370 e. The Labute approximate surface area is 100 Å². The second kappa shape index (κ2) is 5.87. The minimum atomic E-state index is -0.679. The molecule has 0 saturated heterocycles. The lowest BCUT2D eigenvalue weighted by Gasteiger charge is -2.02. The Bertz CT molecular complexity index is 357. The zero-order valence-corrected chi connectivity index (χ0v) is 9.91. The van der Waals surface area contributed by atoms with Crippen LogP contribution in [0.25, 0.3) is 0 Å². The summed E-state index contributed by atoms with van der Waals surface area (Å²) in [5.74, 6) is -1.56. The molecule has 4 N–H and O–H groups in total. The molecule has 0 aromatic heterocycles. The van der Waals surface area contributed by atoms with Gasteiger partial charge in [0.2, 0.25) is 0 Å². The third kappa shape index (κ3) is 4.01. The smallest absolute Gasteiger partial charge is 0.186 e. The Kier molecular flexibility index (Phi) is 5.53. The van der Waals surface area contributed by atoms with Gasteiger partial charge in [-0.05, 0) is 12.1 Å². The lowest BCUT2D eigenvalue weighted by atomic mass is 10.2. The Hall–Kier alpha value is -0.880. The number of guanidine groups is 1. The summed E-state index contributed by atoms with van der Waals surface area (Å²) in [4.78, 5) is 3.52. The van der Waals surface area contributed by atoms with Crippen LogP contribution >= 0.6 is 28.3 Å². The molecule has 0 saturated carbocycles. The predicted molar refractivity (Wildman–Crippen MR) is 60.8 cm³/mol. The Morgan fingerprint density at radius 2 is 1.73 bits per heavy atom. The molecule has 1 aromatic carbocycles. The van der Waals surface area contributed by atoms with E-state index in [-0.39, 0.29) is 30.5 Å². The number of nitrogens with zero attached hydrogens (tertiary/aromatic N) is 1. The van der Waals surface area contributed by atoms with Crippen LogP contribution in [0.3, 0.4) is 0 Å². The highest BCUT2D eigenvalue weighted by molar-refractivity contribution is 9.10. The van der Waals surface area contributed by atoms with Crippen LogP contribution in [0.15, 0.2) is 21.6 Å². The van der Waals surface area contributed by atoms with E-state index in [4.69, 9.17) is 11.5 Å². The third-order valence-electron chi connectivity index (χ3n) is 1.53. The van der Waals surface area contributed by atoms with Crippen LogP contribution in [-0.2, 0) is 6.54 Å². The van der Waals surface area contributed by atoms with Crippen molar-refractivity contribution in [3.05, 3.63) is 33.8 Å². The second-order valence-electron chi connectivity index (χ2n) is 2.59. The first-order valence-electron chi connectivity index (χ1n) is 3.69. The summed E-state index contributed by atoms with van der Waals surface area (Å²) in [5.41, 5.74) is 9.94. The van der Waals surface area contributed by atoms with Crippen molar-refractivity contribution in [2.45, 2.75) is 6.54 Å². The number of benzene rings is 1. The highest BCUT2D eigenvalue weighted by Crippen LogP contribution is 2.19. The quantitative estimate of drug-likeness (QED) is 0.647. The standard InChI is InChI=1S/C8H8BrF2N3.ClH/c9-4-1-6(10)5(7(11)2-4)3-14-8(12)13;/h1-2H,3H2,(H4,12,13,14);1H. The van der Waals surface area contributed by atoms with Crippen molar-refractivity contribution in [1.29, 1.82) is 0 Å². The van der Waals surface area contributed by atoms with Gasteiger partial charge in [-0.25, -0.2) is 13.8 Å². The van der Waals surface area contributed by atoms with Gasteiger partial charge in [0, 0.05) is 10.0 Å². The van der Waals surface area contributed by atoms with Crippen molar-refractivity contribution in [3.63, 3.8) is 0 Å². The molecule has 0 aliphatic rings. The summed E-state index contributed by atoms with van der Waals surface area (Å²) in [6.45, 7) is -0.201. The monoisotopic (exact) mass is 299 g/mol. The highest BCUT2D eigenvalue weighted by Gasteiger charge is 2.09. The van der Waals surface area contributed by atoms with E-state index in [0.29, 0.717) is 4.47 Å². The van der Waals surface area contributed by atoms with E-state index in [1.807, 2.05) is 0 Å². The summed E-state index contributed by atoms with van der Waals surface area (Å²) in [6, 6.07) is 2.31. The first-order chi connectivity index (χ1) is 6.50. The molecular formula is C8H9BrClF2N3. The van der Waals surface area contributed by atoms with Crippen LogP contribution in [0.2, 0.25) is 0 Å². The first kappa shape index (κ1) is 14.1. The molecule has 7 heteroatoms. The molecule has 0 atom stereocenters. The Morgan fingerprint density at radius 3 is 2.13 bits per heavy atom. The van der Waals surface area contributed by atoms with E-state index in [9.17, 15) is 8.78 Å². The predicted octanol–water partition coefficient (Wildman–Crippen LogP) is 1.92. The van der Waals surface area contributed by atoms with Gasteiger partial charge in [-0.15, -0.1) is 12.4 Å². The lowest BCUT2D eigenvalue weighted by molar-refractivity contribution is 0.555. The summed E-state index contributed by atoms with van der Waals surface area (Å²) in [6.07, 6.45) is 0. The van der Waals surface area contributed by atoms with Crippen LogP contribution in [0.5, 0.6) is 0 Å². The minimum absolute atomic E-state index is 0. The molecule has 0 unspecified atom stereocenters. The number of rotatable bonds is 2. The topological polar surface area (TPSA) is 64.4 Å². The fraction of sp³-hybridized carbons (Fsp3) is 0.125. The maximum atomic E-state index is 13.1. The van der Waals surface area contributed by atoms with Crippen LogP contribution < -0.4 is 11.5 Å². The first-order valence-corrected chi connectivity index (χ1v) is 4.49. The zero-order valence-electron chi connectivity index (χ0n) is 7.51. The Balaban J connectivity index is 0.00000196. The molecule has 1 aromatic rings. The van der Waals surface area contributed by atoms with Gasteiger partial charge in [-0.2, -0.15) is 0 Å². The number of aliphatic imine (C=N–C) groups is 1. The van der Waals surface area contributed by atoms with Crippen LogP contribution in [-0.4, -0.2) is 5.96 Å². The normalized spacial score (nSPS) is 9.27. The molecule has 0 aliphatic carbocycles. The average Bonchev–Trinajstić information content (AvgIpc) is 2.01. The summed E-state index contributed by atoms with van der Waals surface area (Å²) < 4.78 is 26.6. The van der Waals surface area contributed by atoms with Crippen LogP contribution in [0.1, 0.15) is 5.56 Å². The van der Waals surface area contributed by atoms with Gasteiger partial charge in [0.25, 0.3) is 0 Å². The zero-order chi connectivity index (χ0) is 10.7. The summed E-state index contributed by atoms with van der Waals surface area (Å²) in [7, 11) is 0. The lowest BCUT2D eigenvalue weighted by Crippen LogP contribution is -2.22. The second-order valence-corrected chi connectivity index (χ2v) is 3.50. The van der Waals surface area contributed by atoms with Crippen molar-refractivity contribution >= 4 is 34.3 Å². The molecule has 3 nitrogen and oxygen atoms in total.